The number of carboxylic acid groups (broad SMARTS) is 1. The smallest absolute Gasteiger partial charge is 0.475 e. The minimum atomic E-state index is -5.08. The number of likely N-dealkylation sites (N-methyl/N-ethyl adjacent to an activating group) is 1. The second kappa shape index (κ2) is 10.2. The van der Waals surface area contributed by atoms with Gasteiger partial charge in [-0.1, -0.05) is 0 Å². The van der Waals surface area contributed by atoms with Crippen molar-refractivity contribution >= 4 is 23.3 Å². The Morgan fingerprint density at radius 2 is 1.69 bits per heavy atom. The zero-order valence-electron chi connectivity index (χ0n) is 16.2. The van der Waals surface area contributed by atoms with E-state index in [4.69, 9.17) is 15.6 Å². The molecule has 0 aromatic carbocycles. The first kappa shape index (κ1) is 23.4. The molecular formula is C17H26F3N5O3S. The quantitative estimate of drug-likeness (QED) is 0.731. The summed E-state index contributed by atoms with van der Waals surface area (Å²) < 4.78 is 31.7. The highest BCUT2D eigenvalue weighted by Crippen LogP contribution is 2.29. The summed E-state index contributed by atoms with van der Waals surface area (Å²) in [6.45, 7) is 5.84. The van der Waals surface area contributed by atoms with Gasteiger partial charge in [-0.05, 0) is 19.9 Å². The van der Waals surface area contributed by atoms with Crippen molar-refractivity contribution in [3.63, 3.8) is 0 Å². The number of aromatic nitrogens is 1. The number of carbonyl (C=O) groups excluding carboxylic acids is 1. The van der Waals surface area contributed by atoms with Crippen LogP contribution >= 0.6 is 11.3 Å². The molecule has 1 aromatic rings. The predicted molar refractivity (Wildman–Crippen MR) is 102 cm³/mol. The lowest BCUT2D eigenvalue weighted by atomic mass is 9.94. The van der Waals surface area contributed by atoms with Crippen molar-refractivity contribution in [2.45, 2.75) is 31.5 Å². The summed E-state index contributed by atoms with van der Waals surface area (Å²) >= 11 is 1.64. The molecule has 3 heterocycles. The average molecular weight is 437 g/mol. The zero-order chi connectivity index (χ0) is 21.6. The van der Waals surface area contributed by atoms with E-state index in [0.29, 0.717) is 12.5 Å². The summed E-state index contributed by atoms with van der Waals surface area (Å²) in [6, 6.07) is 0.215. The SMILES string of the molecule is CN1CCN(C(=O)N2CCC(c3csc(CN)n3)CC2)CC1.O=C(O)C(F)(F)F. The molecule has 3 N–H and O–H groups in total. The third-order valence-corrected chi connectivity index (χ3v) is 5.83. The van der Waals surface area contributed by atoms with Gasteiger partial charge in [-0.15, -0.1) is 11.3 Å². The molecule has 3 rings (SSSR count). The van der Waals surface area contributed by atoms with E-state index in [-0.39, 0.29) is 6.03 Å². The van der Waals surface area contributed by atoms with Crippen molar-refractivity contribution in [2.24, 2.45) is 5.73 Å². The summed E-state index contributed by atoms with van der Waals surface area (Å²) in [6.07, 6.45) is -3.07. The Morgan fingerprint density at radius 3 is 2.14 bits per heavy atom. The van der Waals surface area contributed by atoms with Crippen molar-refractivity contribution in [1.82, 2.24) is 19.7 Å². The van der Waals surface area contributed by atoms with Crippen LogP contribution in [0.4, 0.5) is 18.0 Å². The lowest BCUT2D eigenvalue weighted by molar-refractivity contribution is -0.192. The normalized spacial score (nSPS) is 18.9. The van der Waals surface area contributed by atoms with Crippen LogP contribution in [0.2, 0.25) is 0 Å². The summed E-state index contributed by atoms with van der Waals surface area (Å²) in [7, 11) is 2.11. The number of amides is 2. The fourth-order valence-electron chi connectivity index (χ4n) is 3.17. The lowest BCUT2D eigenvalue weighted by Crippen LogP contribution is -2.53. The van der Waals surface area contributed by atoms with Crippen LogP contribution in [0.15, 0.2) is 5.38 Å². The molecule has 12 heteroatoms. The number of rotatable bonds is 2. The monoisotopic (exact) mass is 437 g/mol. The van der Waals surface area contributed by atoms with Crippen LogP contribution in [0.5, 0.6) is 0 Å². The van der Waals surface area contributed by atoms with Gasteiger partial charge in [-0.3, -0.25) is 0 Å². The van der Waals surface area contributed by atoms with E-state index in [9.17, 15) is 18.0 Å². The molecule has 0 aliphatic carbocycles. The molecule has 2 saturated heterocycles. The number of carboxylic acids is 1. The number of hydrogen-bond acceptors (Lipinski definition) is 6. The summed E-state index contributed by atoms with van der Waals surface area (Å²) in [5.41, 5.74) is 6.80. The lowest BCUT2D eigenvalue weighted by Gasteiger charge is -2.38. The molecular weight excluding hydrogens is 411 g/mol. The summed E-state index contributed by atoms with van der Waals surface area (Å²) in [4.78, 5) is 32.3. The van der Waals surface area contributed by atoms with Gasteiger partial charge in [0.05, 0.1) is 5.69 Å². The predicted octanol–water partition coefficient (Wildman–Crippen LogP) is 1.78. The van der Waals surface area contributed by atoms with E-state index in [1.54, 1.807) is 11.3 Å². The topological polar surface area (TPSA) is 103 Å². The fourth-order valence-corrected chi connectivity index (χ4v) is 3.93. The molecule has 2 aliphatic rings. The molecule has 2 fully saturated rings. The maximum Gasteiger partial charge on any atom is 0.490 e. The number of nitrogens with two attached hydrogens (primary N) is 1. The Hall–Kier alpha value is -1.92. The second-order valence-electron chi connectivity index (χ2n) is 7.01. The third-order valence-electron chi connectivity index (χ3n) is 4.94. The first-order valence-electron chi connectivity index (χ1n) is 9.28. The number of nitrogens with zero attached hydrogens (tertiary/aromatic N) is 4. The van der Waals surface area contributed by atoms with E-state index in [1.165, 1.54) is 0 Å². The summed E-state index contributed by atoms with van der Waals surface area (Å²) in [5.74, 6) is -2.28. The highest BCUT2D eigenvalue weighted by molar-refractivity contribution is 7.09. The van der Waals surface area contributed by atoms with Crippen LogP contribution < -0.4 is 5.73 Å². The number of halogens is 3. The zero-order valence-corrected chi connectivity index (χ0v) is 17.0. The van der Waals surface area contributed by atoms with Gasteiger partial charge in [-0.25, -0.2) is 14.6 Å². The number of piperidine rings is 1. The number of carbonyl (C=O) groups is 2. The van der Waals surface area contributed by atoms with Crippen LogP contribution in [0.25, 0.3) is 0 Å². The Labute approximate surface area is 171 Å². The first-order chi connectivity index (χ1) is 13.6. The van der Waals surface area contributed by atoms with Crippen LogP contribution in [0.1, 0.15) is 29.5 Å². The van der Waals surface area contributed by atoms with Crippen LogP contribution in [-0.4, -0.2) is 89.3 Å². The fraction of sp³-hybridized carbons (Fsp3) is 0.706. The molecule has 0 spiro atoms. The number of aliphatic carboxylic acids is 1. The molecule has 164 valence electrons. The maximum absolute atomic E-state index is 12.6. The molecule has 29 heavy (non-hydrogen) atoms. The number of urea groups is 1. The third kappa shape index (κ3) is 6.82. The van der Waals surface area contributed by atoms with E-state index in [2.05, 4.69) is 22.3 Å². The van der Waals surface area contributed by atoms with Crippen molar-refractivity contribution < 1.29 is 27.9 Å². The van der Waals surface area contributed by atoms with Crippen molar-refractivity contribution in [1.29, 1.82) is 0 Å². The Bertz CT molecular complexity index is 684. The van der Waals surface area contributed by atoms with Crippen LogP contribution in [0.3, 0.4) is 0 Å². The van der Waals surface area contributed by atoms with Crippen molar-refractivity contribution in [3.05, 3.63) is 16.1 Å². The number of alkyl halides is 3. The molecule has 2 aliphatic heterocycles. The van der Waals surface area contributed by atoms with Crippen molar-refractivity contribution in [2.75, 3.05) is 46.3 Å². The van der Waals surface area contributed by atoms with Crippen LogP contribution in [0, 0.1) is 0 Å². The van der Waals surface area contributed by atoms with Gasteiger partial charge in [0.1, 0.15) is 5.01 Å². The number of thiazole rings is 1. The minimum Gasteiger partial charge on any atom is -0.475 e. The number of hydrogen-bond donors (Lipinski definition) is 2. The van der Waals surface area contributed by atoms with Crippen molar-refractivity contribution in [3.8, 4) is 0 Å². The largest absolute Gasteiger partial charge is 0.490 e. The molecule has 0 atom stereocenters. The molecule has 2 amide bonds. The first-order valence-corrected chi connectivity index (χ1v) is 10.2. The van der Waals surface area contributed by atoms with Crippen LogP contribution in [-0.2, 0) is 11.3 Å². The Morgan fingerprint density at radius 1 is 1.17 bits per heavy atom. The van der Waals surface area contributed by atoms with Gasteiger partial charge in [-0.2, -0.15) is 13.2 Å². The van der Waals surface area contributed by atoms with Gasteiger partial charge >= 0.3 is 18.2 Å². The second-order valence-corrected chi connectivity index (χ2v) is 7.95. The highest BCUT2D eigenvalue weighted by Gasteiger charge is 2.38. The van der Waals surface area contributed by atoms with Gasteiger partial charge in [0.25, 0.3) is 0 Å². The van der Waals surface area contributed by atoms with Gasteiger partial charge in [0, 0.05) is 57.1 Å². The van der Waals surface area contributed by atoms with Gasteiger partial charge in [0.2, 0.25) is 0 Å². The average Bonchev–Trinajstić information content (AvgIpc) is 3.17. The molecule has 0 bridgehead atoms. The number of piperazine rings is 1. The minimum absolute atomic E-state index is 0.215. The highest BCUT2D eigenvalue weighted by atomic mass is 32.1. The van der Waals surface area contributed by atoms with Gasteiger partial charge < -0.3 is 25.5 Å². The molecule has 1 aromatic heterocycles. The Kier molecular flexibility index (Phi) is 8.23. The Balaban J connectivity index is 0.000000370. The molecule has 0 saturated carbocycles. The number of likely N-dealkylation sites (tertiary alicyclic amines) is 1. The van der Waals surface area contributed by atoms with E-state index in [0.717, 1.165) is 62.8 Å². The van der Waals surface area contributed by atoms with E-state index < -0.39 is 12.1 Å². The maximum atomic E-state index is 12.6. The molecule has 0 unspecified atom stereocenters. The van der Waals surface area contributed by atoms with E-state index >= 15 is 0 Å². The standard InChI is InChI=1S/C15H25N5OS.C2HF3O2/c1-18-6-8-20(9-7-18)15(21)19-4-2-12(3-5-19)13-11-22-14(10-16)17-13;3-2(4,5)1(6)7/h11-12H,2-10,16H2,1H3;(H,6,7). The van der Waals surface area contributed by atoms with E-state index in [1.807, 2.05) is 9.80 Å². The molecule has 0 radical (unpaired) electrons. The molecule has 8 nitrogen and oxygen atoms in total. The van der Waals surface area contributed by atoms with Gasteiger partial charge in [0.15, 0.2) is 0 Å². The summed E-state index contributed by atoms with van der Waals surface area (Å²) in [5, 5.41) is 10.3.